The highest BCUT2D eigenvalue weighted by molar-refractivity contribution is 4.85. The fraction of sp³-hybridized carbons (Fsp3) is 1.00. The zero-order chi connectivity index (χ0) is 10.6. The van der Waals surface area contributed by atoms with Gasteiger partial charge in [-0.3, -0.25) is 0 Å². The molecule has 0 aliphatic carbocycles. The molecule has 0 aromatic carbocycles. The molecule has 0 aromatic heterocycles. The smallest absolute Gasteiger partial charge is 0.0684 e. The van der Waals surface area contributed by atoms with Gasteiger partial charge >= 0.3 is 0 Å². The molecule has 3 nitrogen and oxygen atoms in total. The molecule has 88 valence electrons. The lowest BCUT2D eigenvalue weighted by Gasteiger charge is -2.35. The van der Waals surface area contributed by atoms with Crippen molar-refractivity contribution in [3.8, 4) is 0 Å². The molecule has 0 aromatic rings. The van der Waals surface area contributed by atoms with Crippen LogP contribution in [0.4, 0.5) is 0 Å². The minimum atomic E-state index is -0.372. The molecule has 2 fully saturated rings. The Morgan fingerprint density at radius 3 is 2.40 bits per heavy atom. The molecule has 2 N–H and O–H groups in total. The van der Waals surface area contributed by atoms with Crippen molar-refractivity contribution in [1.82, 2.24) is 10.2 Å². The van der Waals surface area contributed by atoms with E-state index in [9.17, 15) is 5.11 Å². The molecule has 0 spiro atoms. The van der Waals surface area contributed by atoms with E-state index < -0.39 is 0 Å². The van der Waals surface area contributed by atoms with Gasteiger partial charge in [0.1, 0.15) is 0 Å². The lowest BCUT2D eigenvalue weighted by Crippen LogP contribution is -2.44. The topological polar surface area (TPSA) is 35.5 Å². The van der Waals surface area contributed by atoms with Crippen LogP contribution in [-0.2, 0) is 0 Å². The molecule has 15 heavy (non-hydrogen) atoms. The highest BCUT2D eigenvalue weighted by atomic mass is 16.3. The first-order valence-corrected chi connectivity index (χ1v) is 6.44. The zero-order valence-corrected chi connectivity index (χ0v) is 9.67. The molecule has 0 amide bonds. The number of aliphatic hydroxyl groups is 1. The molecule has 2 rings (SSSR count). The van der Waals surface area contributed by atoms with Crippen molar-refractivity contribution in [1.29, 1.82) is 0 Å². The summed E-state index contributed by atoms with van der Waals surface area (Å²) in [6.07, 6.45) is 6.92. The SMILES string of the molecule is OC1(CCN2CCCCC2)CCNCC1. The van der Waals surface area contributed by atoms with Gasteiger partial charge < -0.3 is 15.3 Å². The standard InChI is InChI=1S/C12H24N2O/c15-12(4-7-13-8-5-12)6-11-14-9-2-1-3-10-14/h13,15H,1-11H2. The molecule has 2 heterocycles. The fourth-order valence-corrected chi connectivity index (χ4v) is 2.69. The molecule has 0 radical (unpaired) electrons. The van der Waals surface area contributed by atoms with Gasteiger partial charge in [-0.2, -0.15) is 0 Å². The molecule has 2 aliphatic rings. The molecule has 2 saturated heterocycles. The molecule has 0 saturated carbocycles. The second-order valence-corrected chi connectivity index (χ2v) is 5.13. The van der Waals surface area contributed by atoms with Crippen LogP contribution in [0.3, 0.4) is 0 Å². The van der Waals surface area contributed by atoms with Crippen molar-refractivity contribution in [2.24, 2.45) is 0 Å². The molecular weight excluding hydrogens is 188 g/mol. The number of piperidine rings is 2. The van der Waals surface area contributed by atoms with Gasteiger partial charge in [0.05, 0.1) is 5.60 Å². The van der Waals surface area contributed by atoms with Crippen LogP contribution in [0.1, 0.15) is 38.5 Å². The van der Waals surface area contributed by atoms with Crippen LogP contribution in [0.25, 0.3) is 0 Å². The Balaban J connectivity index is 1.70. The predicted octanol–water partition coefficient (Wildman–Crippen LogP) is 0.977. The van der Waals surface area contributed by atoms with Gasteiger partial charge in [-0.15, -0.1) is 0 Å². The van der Waals surface area contributed by atoms with E-state index in [1.54, 1.807) is 0 Å². The number of nitrogens with one attached hydrogen (secondary N) is 1. The van der Waals surface area contributed by atoms with E-state index in [0.717, 1.165) is 38.9 Å². The Hall–Kier alpha value is -0.120. The maximum absolute atomic E-state index is 10.3. The van der Waals surface area contributed by atoms with Gasteiger partial charge in [0.25, 0.3) is 0 Å². The van der Waals surface area contributed by atoms with E-state index in [0.29, 0.717) is 0 Å². The Morgan fingerprint density at radius 2 is 1.73 bits per heavy atom. The van der Waals surface area contributed by atoms with Crippen molar-refractivity contribution >= 4 is 0 Å². The van der Waals surface area contributed by atoms with E-state index >= 15 is 0 Å². The number of hydrogen-bond acceptors (Lipinski definition) is 3. The fourth-order valence-electron chi connectivity index (χ4n) is 2.69. The molecule has 0 unspecified atom stereocenters. The third-order valence-electron chi connectivity index (χ3n) is 3.88. The third-order valence-corrected chi connectivity index (χ3v) is 3.88. The summed E-state index contributed by atoms with van der Waals surface area (Å²) in [5, 5.41) is 13.6. The van der Waals surface area contributed by atoms with Crippen molar-refractivity contribution < 1.29 is 5.11 Å². The van der Waals surface area contributed by atoms with E-state index in [1.165, 1.54) is 32.4 Å². The Morgan fingerprint density at radius 1 is 1.07 bits per heavy atom. The van der Waals surface area contributed by atoms with Crippen LogP contribution in [0, 0.1) is 0 Å². The minimum absolute atomic E-state index is 0.372. The van der Waals surface area contributed by atoms with Crippen LogP contribution in [0.15, 0.2) is 0 Å². The number of nitrogens with zero attached hydrogens (tertiary/aromatic N) is 1. The van der Waals surface area contributed by atoms with Gasteiger partial charge in [0, 0.05) is 6.54 Å². The average molecular weight is 212 g/mol. The summed E-state index contributed by atoms with van der Waals surface area (Å²) in [7, 11) is 0. The van der Waals surface area contributed by atoms with Crippen LogP contribution < -0.4 is 5.32 Å². The number of rotatable bonds is 3. The normalized spacial score (nSPS) is 27.8. The largest absolute Gasteiger partial charge is 0.390 e. The Bertz CT molecular complexity index is 184. The lowest BCUT2D eigenvalue weighted by atomic mass is 9.89. The number of hydrogen-bond donors (Lipinski definition) is 2. The monoisotopic (exact) mass is 212 g/mol. The summed E-state index contributed by atoms with van der Waals surface area (Å²) < 4.78 is 0. The van der Waals surface area contributed by atoms with E-state index in [4.69, 9.17) is 0 Å². The van der Waals surface area contributed by atoms with Crippen molar-refractivity contribution in [3.05, 3.63) is 0 Å². The van der Waals surface area contributed by atoms with Crippen LogP contribution in [0.2, 0.25) is 0 Å². The van der Waals surface area contributed by atoms with Crippen molar-refractivity contribution in [2.45, 2.75) is 44.1 Å². The maximum Gasteiger partial charge on any atom is 0.0684 e. The average Bonchev–Trinajstić information content (AvgIpc) is 2.29. The van der Waals surface area contributed by atoms with Gasteiger partial charge in [0.2, 0.25) is 0 Å². The van der Waals surface area contributed by atoms with E-state index in [-0.39, 0.29) is 5.60 Å². The molecule has 0 atom stereocenters. The second-order valence-electron chi connectivity index (χ2n) is 5.13. The first-order chi connectivity index (χ1) is 7.29. The van der Waals surface area contributed by atoms with E-state index in [2.05, 4.69) is 10.2 Å². The van der Waals surface area contributed by atoms with Gasteiger partial charge in [0.15, 0.2) is 0 Å². The highest BCUT2D eigenvalue weighted by Crippen LogP contribution is 2.23. The molecule has 3 heteroatoms. The summed E-state index contributed by atoms with van der Waals surface area (Å²) in [5.74, 6) is 0. The molecule has 2 aliphatic heterocycles. The van der Waals surface area contributed by atoms with Gasteiger partial charge in [-0.25, -0.2) is 0 Å². The van der Waals surface area contributed by atoms with Crippen molar-refractivity contribution in [3.63, 3.8) is 0 Å². The maximum atomic E-state index is 10.3. The summed E-state index contributed by atoms with van der Waals surface area (Å²) in [6.45, 7) is 5.55. The van der Waals surface area contributed by atoms with Crippen LogP contribution in [-0.4, -0.2) is 48.3 Å². The number of likely N-dealkylation sites (tertiary alicyclic amines) is 1. The lowest BCUT2D eigenvalue weighted by molar-refractivity contribution is -0.00684. The van der Waals surface area contributed by atoms with Crippen LogP contribution in [0.5, 0.6) is 0 Å². The predicted molar refractivity (Wildman–Crippen MR) is 62.0 cm³/mol. The first kappa shape index (κ1) is 11.4. The molecular formula is C12H24N2O. The highest BCUT2D eigenvalue weighted by Gasteiger charge is 2.29. The quantitative estimate of drug-likeness (QED) is 0.732. The van der Waals surface area contributed by atoms with Gasteiger partial charge in [-0.05, 0) is 58.3 Å². The van der Waals surface area contributed by atoms with Crippen LogP contribution >= 0.6 is 0 Å². The third kappa shape index (κ3) is 3.44. The van der Waals surface area contributed by atoms with Crippen molar-refractivity contribution in [2.75, 3.05) is 32.7 Å². The summed E-state index contributed by atoms with van der Waals surface area (Å²) in [6, 6.07) is 0. The Labute approximate surface area is 92.8 Å². The molecule has 0 bridgehead atoms. The Kier molecular flexibility index (Phi) is 4.00. The summed E-state index contributed by atoms with van der Waals surface area (Å²) in [5.41, 5.74) is -0.372. The van der Waals surface area contributed by atoms with Gasteiger partial charge in [-0.1, -0.05) is 6.42 Å². The minimum Gasteiger partial charge on any atom is -0.390 e. The first-order valence-electron chi connectivity index (χ1n) is 6.44. The summed E-state index contributed by atoms with van der Waals surface area (Å²) >= 11 is 0. The second kappa shape index (κ2) is 5.28. The zero-order valence-electron chi connectivity index (χ0n) is 9.67. The van der Waals surface area contributed by atoms with E-state index in [1.807, 2.05) is 0 Å². The summed E-state index contributed by atoms with van der Waals surface area (Å²) in [4.78, 5) is 2.52.